The zero-order valence-electron chi connectivity index (χ0n) is 13.3. The summed E-state index contributed by atoms with van der Waals surface area (Å²) in [4.78, 5) is 4.39. The van der Waals surface area contributed by atoms with Gasteiger partial charge in [-0.05, 0) is 37.7 Å². The van der Waals surface area contributed by atoms with E-state index in [9.17, 15) is 13.2 Å². The summed E-state index contributed by atoms with van der Waals surface area (Å²) in [5, 5.41) is 7.29. The quantitative estimate of drug-likeness (QED) is 0.883. The number of alkyl halides is 3. The SMILES string of the molecule is CC1(c2cc(-c3cc(OCC(F)(F)F)c(C4CC4)cn3)n[nH]2)CC1. The van der Waals surface area contributed by atoms with Crippen molar-refractivity contribution in [2.75, 3.05) is 6.61 Å². The zero-order valence-corrected chi connectivity index (χ0v) is 13.3. The van der Waals surface area contributed by atoms with E-state index in [1.807, 2.05) is 6.07 Å². The lowest BCUT2D eigenvalue weighted by Gasteiger charge is -2.13. The Morgan fingerprint density at radius 2 is 2.00 bits per heavy atom. The summed E-state index contributed by atoms with van der Waals surface area (Å²) in [6.45, 7) is 0.867. The molecule has 128 valence electrons. The van der Waals surface area contributed by atoms with Gasteiger partial charge in [-0.25, -0.2) is 0 Å². The zero-order chi connectivity index (χ0) is 16.9. The fraction of sp³-hybridized carbons (Fsp3) is 0.529. The highest BCUT2D eigenvalue weighted by Crippen LogP contribution is 2.48. The Morgan fingerprint density at radius 1 is 1.25 bits per heavy atom. The van der Waals surface area contributed by atoms with Crippen molar-refractivity contribution in [2.45, 2.75) is 50.1 Å². The number of aromatic nitrogens is 3. The van der Waals surface area contributed by atoms with Crippen LogP contribution in [0.3, 0.4) is 0 Å². The van der Waals surface area contributed by atoms with E-state index in [1.165, 1.54) is 0 Å². The largest absolute Gasteiger partial charge is 0.484 e. The van der Waals surface area contributed by atoms with Crippen molar-refractivity contribution >= 4 is 0 Å². The van der Waals surface area contributed by atoms with Crippen LogP contribution in [0, 0.1) is 0 Å². The second-order valence-corrected chi connectivity index (χ2v) is 7.01. The first kappa shape index (κ1) is 15.5. The second-order valence-electron chi connectivity index (χ2n) is 7.01. The Kier molecular flexibility index (Phi) is 3.37. The fourth-order valence-electron chi connectivity index (χ4n) is 2.79. The smallest absolute Gasteiger partial charge is 0.422 e. The number of H-pyrrole nitrogens is 1. The summed E-state index contributed by atoms with van der Waals surface area (Å²) in [7, 11) is 0. The standard InChI is InChI=1S/C17H18F3N3O/c1-16(4-5-16)15-7-13(22-23-15)12-6-14(24-9-17(18,19)20)11(8-21-12)10-2-3-10/h6-8,10H,2-5,9H2,1H3,(H,22,23). The summed E-state index contributed by atoms with van der Waals surface area (Å²) in [6.07, 6.45) is 1.43. The summed E-state index contributed by atoms with van der Waals surface area (Å²) < 4.78 is 42.5. The molecule has 0 atom stereocenters. The monoisotopic (exact) mass is 337 g/mol. The van der Waals surface area contributed by atoms with Crippen LogP contribution in [-0.4, -0.2) is 28.0 Å². The number of aromatic amines is 1. The molecule has 24 heavy (non-hydrogen) atoms. The number of hydrogen-bond acceptors (Lipinski definition) is 3. The second kappa shape index (κ2) is 5.22. The number of pyridine rings is 1. The minimum Gasteiger partial charge on any atom is -0.484 e. The van der Waals surface area contributed by atoms with Crippen molar-refractivity contribution < 1.29 is 17.9 Å². The van der Waals surface area contributed by atoms with Crippen LogP contribution in [0.2, 0.25) is 0 Å². The molecule has 1 N–H and O–H groups in total. The molecule has 0 radical (unpaired) electrons. The number of nitrogens with zero attached hydrogens (tertiary/aromatic N) is 2. The summed E-state index contributed by atoms with van der Waals surface area (Å²) in [6, 6.07) is 3.51. The Morgan fingerprint density at radius 3 is 2.62 bits per heavy atom. The van der Waals surface area contributed by atoms with Gasteiger partial charge < -0.3 is 4.74 Å². The van der Waals surface area contributed by atoms with Gasteiger partial charge in [0.1, 0.15) is 11.4 Å². The van der Waals surface area contributed by atoms with Gasteiger partial charge in [0.2, 0.25) is 0 Å². The van der Waals surface area contributed by atoms with Gasteiger partial charge in [0, 0.05) is 28.9 Å². The molecular formula is C17H18F3N3O. The van der Waals surface area contributed by atoms with Crippen molar-refractivity contribution in [3.05, 3.63) is 29.6 Å². The van der Waals surface area contributed by atoms with Crippen LogP contribution in [0.5, 0.6) is 5.75 Å². The molecule has 2 aliphatic carbocycles. The normalized spacial score (nSPS) is 19.3. The van der Waals surface area contributed by atoms with Gasteiger partial charge in [-0.3, -0.25) is 10.1 Å². The van der Waals surface area contributed by atoms with E-state index in [4.69, 9.17) is 4.74 Å². The Hall–Kier alpha value is -2.05. The Balaban J connectivity index is 1.62. The topological polar surface area (TPSA) is 50.8 Å². The van der Waals surface area contributed by atoms with E-state index < -0.39 is 12.8 Å². The van der Waals surface area contributed by atoms with Crippen molar-refractivity contribution in [1.82, 2.24) is 15.2 Å². The van der Waals surface area contributed by atoms with Crippen LogP contribution in [0.4, 0.5) is 13.2 Å². The first-order chi connectivity index (χ1) is 11.3. The number of halogens is 3. The van der Waals surface area contributed by atoms with Crippen LogP contribution in [0.1, 0.15) is 49.8 Å². The molecule has 2 fully saturated rings. The van der Waals surface area contributed by atoms with Crippen LogP contribution in [0.15, 0.2) is 18.3 Å². The van der Waals surface area contributed by atoms with Gasteiger partial charge in [0.15, 0.2) is 6.61 Å². The Bertz CT molecular complexity index is 761. The first-order valence-corrected chi connectivity index (χ1v) is 8.10. The van der Waals surface area contributed by atoms with Crippen molar-refractivity contribution in [3.8, 4) is 17.1 Å². The van der Waals surface area contributed by atoms with E-state index >= 15 is 0 Å². The molecule has 2 heterocycles. The van der Waals surface area contributed by atoms with Gasteiger partial charge in [-0.2, -0.15) is 18.3 Å². The van der Waals surface area contributed by atoms with E-state index in [-0.39, 0.29) is 17.1 Å². The third-order valence-corrected chi connectivity index (χ3v) is 4.79. The predicted octanol–water partition coefficient (Wildman–Crippen LogP) is 4.34. The lowest BCUT2D eigenvalue weighted by atomic mass is 10.0. The third-order valence-electron chi connectivity index (χ3n) is 4.79. The molecule has 0 aromatic carbocycles. The van der Waals surface area contributed by atoms with E-state index in [0.717, 1.165) is 36.9 Å². The minimum absolute atomic E-state index is 0.148. The fourth-order valence-corrected chi connectivity index (χ4v) is 2.79. The van der Waals surface area contributed by atoms with Gasteiger partial charge in [0.05, 0.1) is 5.69 Å². The van der Waals surface area contributed by atoms with Gasteiger partial charge in [-0.1, -0.05) is 6.92 Å². The summed E-state index contributed by atoms with van der Waals surface area (Å²) in [5.74, 6) is 0.525. The first-order valence-electron chi connectivity index (χ1n) is 8.10. The molecule has 0 spiro atoms. The highest BCUT2D eigenvalue weighted by Gasteiger charge is 2.41. The molecule has 2 aromatic rings. The number of ether oxygens (including phenoxy) is 1. The summed E-state index contributed by atoms with van der Waals surface area (Å²) >= 11 is 0. The molecule has 0 unspecified atom stereocenters. The van der Waals surface area contributed by atoms with Gasteiger partial charge >= 0.3 is 6.18 Å². The average Bonchev–Trinajstić information content (AvgIpc) is 3.45. The van der Waals surface area contributed by atoms with Crippen LogP contribution < -0.4 is 4.74 Å². The van der Waals surface area contributed by atoms with E-state index in [1.54, 1.807) is 12.3 Å². The van der Waals surface area contributed by atoms with Crippen molar-refractivity contribution in [1.29, 1.82) is 0 Å². The van der Waals surface area contributed by atoms with Gasteiger partial charge in [-0.15, -0.1) is 0 Å². The molecule has 2 aliphatic rings. The molecule has 0 amide bonds. The average molecular weight is 337 g/mol. The minimum atomic E-state index is -4.36. The number of rotatable bonds is 5. The molecule has 4 nitrogen and oxygen atoms in total. The van der Waals surface area contributed by atoms with E-state index in [2.05, 4.69) is 22.1 Å². The predicted molar refractivity (Wildman–Crippen MR) is 81.9 cm³/mol. The molecule has 0 aliphatic heterocycles. The molecule has 2 aromatic heterocycles. The summed E-state index contributed by atoms with van der Waals surface area (Å²) in [5.41, 5.74) is 3.12. The highest BCUT2D eigenvalue weighted by molar-refractivity contribution is 5.59. The molecule has 2 saturated carbocycles. The number of nitrogens with one attached hydrogen (secondary N) is 1. The Labute approximate surface area is 137 Å². The number of hydrogen-bond donors (Lipinski definition) is 1. The maximum absolute atomic E-state index is 12.5. The lowest BCUT2D eigenvalue weighted by Crippen LogP contribution is -2.19. The molecular weight excluding hydrogens is 319 g/mol. The van der Waals surface area contributed by atoms with Crippen LogP contribution in [0.25, 0.3) is 11.4 Å². The molecule has 0 saturated heterocycles. The maximum atomic E-state index is 12.5. The van der Waals surface area contributed by atoms with Crippen LogP contribution in [-0.2, 0) is 5.41 Å². The van der Waals surface area contributed by atoms with Crippen molar-refractivity contribution in [2.24, 2.45) is 0 Å². The van der Waals surface area contributed by atoms with Gasteiger partial charge in [0.25, 0.3) is 0 Å². The maximum Gasteiger partial charge on any atom is 0.422 e. The lowest BCUT2D eigenvalue weighted by molar-refractivity contribution is -0.153. The molecule has 4 rings (SSSR count). The molecule has 7 heteroatoms. The molecule has 0 bridgehead atoms. The highest BCUT2D eigenvalue weighted by atomic mass is 19.4. The van der Waals surface area contributed by atoms with Crippen molar-refractivity contribution in [3.63, 3.8) is 0 Å². The third kappa shape index (κ3) is 3.12. The van der Waals surface area contributed by atoms with E-state index in [0.29, 0.717) is 11.4 Å². The van der Waals surface area contributed by atoms with Crippen LogP contribution >= 0.6 is 0 Å².